The van der Waals surface area contributed by atoms with E-state index in [1.165, 1.54) is 6.07 Å². The van der Waals surface area contributed by atoms with Gasteiger partial charge in [0.25, 0.3) is 0 Å². The van der Waals surface area contributed by atoms with E-state index < -0.39 is 5.54 Å². The van der Waals surface area contributed by atoms with Crippen LogP contribution in [0.2, 0.25) is 0 Å². The molecule has 3 nitrogen and oxygen atoms in total. The first kappa shape index (κ1) is 12.9. The van der Waals surface area contributed by atoms with E-state index in [0.717, 1.165) is 12.2 Å². The van der Waals surface area contributed by atoms with Gasteiger partial charge in [-0.05, 0) is 19.4 Å². The molecule has 0 amide bonds. The molecule has 3 atom stereocenters. The molecule has 0 spiro atoms. The predicted octanol–water partition coefficient (Wildman–Crippen LogP) is 2.51. The molecule has 3 rings (SSSR count). The van der Waals surface area contributed by atoms with Gasteiger partial charge in [0.15, 0.2) is 5.17 Å². The first-order valence-electron chi connectivity index (χ1n) is 6.46. The zero-order chi connectivity index (χ0) is 13.5. The maximum Gasteiger partial charge on any atom is 0.154 e. The highest BCUT2D eigenvalue weighted by Gasteiger charge is 2.48. The van der Waals surface area contributed by atoms with Crippen LogP contribution in [0.3, 0.4) is 0 Å². The van der Waals surface area contributed by atoms with Crippen molar-refractivity contribution in [2.24, 2.45) is 16.6 Å². The summed E-state index contributed by atoms with van der Waals surface area (Å²) in [5.74, 6) is 0.914. The number of nitrogens with zero attached hydrogens (tertiary/aromatic N) is 1. The Balaban J connectivity index is 2.11. The molecule has 0 bridgehead atoms. The van der Waals surface area contributed by atoms with E-state index in [-0.39, 0.29) is 17.8 Å². The summed E-state index contributed by atoms with van der Waals surface area (Å²) < 4.78 is 20.0. The van der Waals surface area contributed by atoms with Gasteiger partial charge in [-0.1, -0.05) is 30.0 Å². The molecular formula is C14H17FN2OS. The SMILES string of the molecule is C[C@@H]1C[C@H]2CSC(N)=N[C@@]2(c2ccccc2F)CO1. The van der Waals surface area contributed by atoms with Crippen molar-refractivity contribution in [2.45, 2.75) is 25.0 Å². The van der Waals surface area contributed by atoms with Gasteiger partial charge in [-0.2, -0.15) is 0 Å². The molecule has 0 saturated carbocycles. The third kappa shape index (κ3) is 2.15. The van der Waals surface area contributed by atoms with Gasteiger partial charge >= 0.3 is 0 Å². The van der Waals surface area contributed by atoms with Gasteiger partial charge in [0.1, 0.15) is 11.4 Å². The maximum absolute atomic E-state index is 14.2. The number of ether oxygens (including phenoxy) is 1. The highest BCUT2D eigenvalue weighted by molar-refractivity contribution is 8.13. The van der Waals surface area contributed by atoms with Gasteiger partial charge in [0.05, 0.1) is 12.7 Å². The molecule has 5 heteroatoms. The monoisotopic (exact) mass is 280 g/mol. The lowest BCUT2D eigenvalue weighted by Gasteiger charge is -2.45. The van der Waals surface area contributed by atoms with Crippen LogP contribution in [-0.4, -0.2) is 23.6 Å². The zero-order valence-electron chi connectivity index (χ0n) is 10.8. The molecule has 102 valence electrons. The Morgan fingerprint density at radius 1 is 1.47 bits per heavy atom. The second-order valence-electron chi connectivity index (χ2n) is 5.22. The number of rotatable bonds is 1. The van der Waals surface area contributed by atoms with Crippen LogP contribution in [0.15, 0.2) is 29.3 Å². The van der Waals surface area contributed by atoms with E-state index in [0.29, 0.717) is 17.3 Å². The van der Waals surface area contributed by atoms with Gasteiger partial charge in [0.2, 0.25) is 0 Å². The van der Waals surface area contributed by atoms with Crippen molar-refractivity contribution in [2.75, 3.05) is 12.4 Å². The number of aliphatic imine (C=N–C) groups is 1. The quantitative estimate of drug-likeness (QED) is 0.860. The highest BCUT2D eigenvalue weighted by Crippen LogP contribution is 2.46. The fourth-order valence-electron chi connectivity index (χ4n) is 2.97. The molecule has 0 aromatic heterocycles. The molecule has 0 radical (unpaired) electrons. The topological polar surface area (TPSA) is 47.6 Å². The van der Waals surface area contributed by atoms with Crippen molar-refractivity contribution in [1.29, 1.82) is 0 Å². The molecule has 19 heavy (non-hydrogen) atoms. The maximum atomic E-state index is 14.2. The summed E-state index contributed by atoms with van der Waals surface area (Å²) in [6.07, 6.45) is 1.08. The van der Waals surface area contributed by atoms with Crippen molar-refractivity contribution in [1.82, 2.24) is 0 Å². The predicted molar refractivity (Wildman–Crippen MR) is 75.7 cm³/mol. The molecule has 2 N–H and O–H groups in total. The van der Waals surface area contributed by atoms with Crippen LogP contribution < -0.4 is 5.73 Å². The second-order valence-corrected chi connectivity index (χ2v) is 6.26. The highest BCUT2D eigenvalue weighted by atomic mass is 32.2. The van der Waals surface area contributed by atoms with Gasteiger partial charge in [-0.15, -0.1) is 0 Å². The Hall–Kier alpha value is -1.07. The summed E-state index contributed by atoms with van der Waals surface area (Å²) in [6.45, 7) is 2.46. The van der Waals surface area contributed by atoms with E-state index in [9.17, 15) is 4.39 Å². The molecule has 1 saturated heterocycles. The molecule has 0 unspecified atom stereocenters. The molecule has 0 aliphatic carbocycles. The Kier molecular flexibility index (Phi) is 3.27. The number of benzene rings is 1. The summed E-state index contributed by atoms with van der Waals surface area (Å²) in [5.41, 5.74) is 5.84. The second kappa shape index (κ2) is 4.80. The number of amidine groups is 1. The third-order valence-electron chi connectivity index (χ3n) is 3.96. The van der Waals surface area contributed by atoms with Crippen LogP contribution in [0.25, 0.3) is 0 Å². The van der Waals surface area contributed by atoms with Crippen LogP contribution in [0.5, 0.6) is 0 Å². The van der Waals surface area contributed by atoms with E-state index >= 15 is 0 Å². The standard InChI is InChI=1S/C14H17FN2OS/c1-9-6-10-7-19-13(16)17-14(10,8-18-9)11-4-2-3-5-12(11)15/h2-5,9-10H,6-8H2,1H3,(H2,16,17)/t9-,10+,14+/m1/s1. The average Bonchev–Trinajstić information content (AvgIpc) is 2.40. The van der Waals surface area contributed by atoms with Gasteiger partial charge < -0.3 is 10.5 Å². The number of thioether (sulfide) groups is 1. The Morgan fingerprint density at radius 3 is 3.05 bits per heavy atom. The summed E-state index contributed by atoms with van der Waals surface area (Å²) in [6, 6.07) is 6.82. The minimum Gasteiger partial charge on any atom is -0.379 e. The number of hydrogen-bond acceptors (Lipinski definition) is 4. The Morgan fingerprint density at radius 2 is 2.26 bits per heavy atom. The van der Waals surface area contributed by atoms with Crippen LogP contribution in [0.1, 0.15) is 18.9 Å². The molecule has 1 aromatic rings. The zero-order valence-corrected chi connectivity index (χ0v) is 11.6. The molecule has 2 aliphatic rings. The summed E-state index contributed by atoms with van der Waals surface area (Å²) in [4.78, 5) is 4.59. The average molecular weight is 280 g/mol. The summed E-state index contributed by atoms with van der Waals surface area (Å²) in [7, 11) is 0. The normalized spacial score (nSPS) is 34.5. The van der Waals surface area contributed by atoms with E-state index in [4.69, 9.17) is 10.5 Å². The fourth-order valence-corrected chi connectivity index (χ4v) is 3.98. The lowest BCUT2D eigenvalue weighted by atomic mass is 9.75. The van der Waals surface area contributed by atoms with E-state index in [1.807, 2.05) is 6.07 Å². The number of halogens is 1. The molecule has 1 fully saturated rings. The Labute approximate surface area is 116 Å². The van der Waals surface area contributed by atoms with Crippen LogP contribution in [0, 0.1) is 11.7 Å². The third-order valence-corrected chi connectivity index (χ3v) is 4.92. The number of fused-ring (bicyclic) bond motifs is 1. The lowest BCUT2D eigenvalue weighted by molar-refractivity contribution is -0.0476. The van der Waals surface area contributed by atoms with Crippen molar-refractivity contribution < 1.29 is 9.13 Å². The van der Waals surface area contributed by atoms with Crippen molar-refractivity contribution in [3.63, 3.8) is 0 Å². The molecular weight excluding hydrogens is 263 g/mol. The minimum absolute atomic E-state index is 0.194. The number of nitrogens with two attached hydrogens (primary N) is 1. The summed E-state index contributed by atoms with van der Waals surface area (Å²) in [5, 5.41) is 0.526. The van der Waals surface area contributed by atoms with E-state index in [2.05, 4.69) is 11.9 Å². The number of hydrogen-bond donors (Lipinski definition) is 1. The van der Waals surface area contributed by atoms with Gasteiger partial charge in [0, 0.05) is 17.2 Å². The fraction of sp³-hybridized carbons (Fsp3) is 0.500. The van der Waals surface area contributed by atoms with Crippen LogP contribution in [0.4, 0.5) is 4.39 Å². The molecule has 1 aromatic carbocycles. The van der Waals surface area contributed by atoms with Gasteiger partial charge in [-0.3, -0.25) is 0 Å². The lowest BCUT2D eigenvalue weighted by Crippen LogP contribution is -2.49. The summed E-state index contributed by atoms with van der Waals surface area (Å²) >= 11 is 1.55. The smallest absolute Gasteiger partial charge is 0.154 e. The van der Waals surface area contributed by atoms with Crippen LogP contribution >= 0.6 is 11.8 Å². The van der Waals surface area contributed by atoms with E-state index in [1.54, 1.807) is 23.9 Å². The minimum atomic E-state index is -0.646. The first-order chi connectivity index (χ1) is 9.12. The van der Waals surface area contributed by atoms with Gasteiger partial charge in [-0.25, -0.2) is 9.38 Å². The Bertz CT molecular complexity index is 522. The van der Waals surface area contributed by atoms with Crippen molar-refractivity contribution in [3.8, 4) is 0 Å². The largest absolute Gasteiger partial charge is 0.379 e. The first-order valence-corrected chi connectivity index (χ1v) is 7.45. The van der Waals surface area contributed by atoms with Crippen LogP contribution in [-0.2, 0) is 10.3 Å². The van der Waals surface area contributed by atoms with Crippen molar-refractivity contribution in [3.05, 3.63) is 35.6 Å². The molecule has 2 heterocycles. The van der Waals surface area contributed by atoms with Crippen molar-refractivity contribution >= 4 is 16.9 Å². The molecule has 2 aliphatic heterocycles.